The maximum Gasteiger partial charge on any atom is 0.416 e. The number of hydrogen-bond acceptors (Lipinski definition) is 5. The lowest BCUT2D eigenvalue weighted by Gasteiger charge is -2.43. The van der Waals surface area contributed by atoms with Gasteiger partial charge in [-0.1, -0.05) is 24.3 Å². The SMILES string of the molecule is CC(=O)N1CCN(C(=O)Cc2ccc(C(F)(F)F)cc2)C(CN2CCCC2OC(=O)Cc2ccc(C(F)(F)F)cc2)C1.Cl. The van der Waals surface area contributed by atoms with Gasteiger partial charge in [-0.05, 0) is 48.2 Å². The van der Waals surface area contributed by atoms with Crippen molar-refractivity contribution in [2.75, 3.05) is 32.7 Å². The first-order valence-electron chi connectivity index (χ1n) is 13.5. The summed E-state index contributed by atoms with van der Waals surface area (Å²) >= 11 is 0. The van der Waals surface area contributed by atoms with Crippen molar-refractivity contribution >= 4 is 30.2 Å². The molecule has 0 saturated carbocycles. The fraction of sp³-hybridized carbons (Fsp3) is 0.483. The van der Waals surface area contributed by atoms with E-state index in [2.05, 4.69) is 0 Å². The zero-order valence-corrected chi connectivity index (χ0v) is 24.1. The van der Waals surface area contributed by atoms with Crippen molar-refractivity contribution in [1.82, 2.24) is 14.7 Å². The van der Waals surface area contributed by atoms with Crippen LogP contribution in [0, 0.1) is 0 Å². The minimum Gasteiger partial charge on any atom is -0.446 e. The predicted octanol–water partition coefficient (Wildman–Crippen LogP) is 4.96. The van der Waals surface area contributed by atoms with Crippen LogP contribution < -0.4 is 0 Å². The molecule has 2 aliphatic rings. The summed E-state index contributed by atoms with van der Waals surface area (Å²) in [5.41, 5.74) is -0.815. The molecule has 0 spiro atoms. The highest BCUT2D eigenvalue weighted by molar-refractivity contribution is 5.85. The van der Waals surface area contributed by atoms with Gasteiger partial charge in [-0.15, -0.1) is 12.4 Å². The van der Waals surface area contributed by atoms with Crippen LogP contribution in [0.5, 0.6) is 0 Å². The summed E-state index contributed by atoms with van der Waals surface area (Å²) in [6.45, 7) is 3.10. The zero-order chi connectivity index (χ0) is 30.7. The summed E-state index contributed by atoms with van der Waals surface area (Å²) in [5, 5.41) is 0. The fourth-order valence-electron chi connectivity index (χ4n) is 5.29. The lowest BCUT2D eigenvalue weighted by molar-refractivity contribution is -0.157. The third-order valence-corrected chi connectivity index (χ3v) is 7.53. The van der Waals surface area contributed by atoms with Gasteiger partial charge in [-0.25, -0.2) is 0 Å². The Bertz CT molecular complexity index is 1270. The molecule has 2 aliphatic heterocycles. The molecular weight excluding hydrogens is 604 g/mol. The molecule has 0 N–H and O–H groups in total. The number of nitrogens with zero attached hydrogens (tertiary/aromatic N) is 3. The average molecular weight is 636 g/mol. The number of benzene rings is 2. The zero-order valence-electron chi connectivity index (χ0n) is 23.3. The van der Waals surface area contributed by atoms with E-state index in [9.17, 15) is 40.7 Å². The molecule has 236 valence electrons. The van der Waals surface area contributed by atoms with Crippen molar-refractivity contribution in [3.05, 3.63) is 70.8 Å². The van der Waals surface area contributed by atoms with Crippen molar-refractivity contribution in [3.8, 4) is 0 Å². The second kappa shape index (κ2) is 14.0. The largest absolute Gasteiger partial charge is 0.446 e. The van der Waals surface area contributed by atoms with Gasteiger partial charge in [0.25, 0.3) is 0 Å². The fourth-order valence-corrected chi connectivity index (χ4v) is 5.29. The predicted molar refractivity (Wildman–Crippen MR) is 146 cm³/mol. The third kappa shape index (κ3) is 9.09. The number of carbonyl (C=O) groups is 3. The standard InChI is InChI=1S/C29H31F6N3O4.ClH/c1-19(39)36-13-14-38(25(40)15-20-4-8-22(9-5-20)28(30,31)32)24(17-36)18-37-12-2-3-26(37)42-27(41)16-21-6-10-23(11-7-21)29(33,34)35;/h4-11,24,26H,2-3,12-18H2,1H3;1H. The maximum atomic E-state index is 13.3. The first-order chi connectivity index (χ1) is 19.7. The highest BCUT2D eigenvalue weighted by Gasteiger charge is 2.37. The Kier molecular flexibility index (Phi) is 11.1. The van der Waals surface area contributed by atoms with Crippen molar-refractivity contribution in [3.63, 3.8) is 0 Å². The number of esters is 1. The topological polar surface area (TPSA) is 70.2 Å². The Morgan fingerprint density at radius 2 is 1.35 bits per heavy atom. The van der Waals surface area contributed by atoms with Gasteiger partial charge < -0.3 is 14.5 Å². The molecule has 43 heavy (non-hydrogen) atoms. The normalized spacial score (nSPS) is 19.6. The third-order valence-electron chi connectivity index (χ3n) is 7.53. The maximum absolute atomic E-state index is 13.3. The molecule has 2 heterocycles. The molecule has 2 aromatic carbocycles. The Balaban J connectivity index is 0.00000506. The van der Waals surface area contributed by atoms with Gasteiger partial charge in [-0.3, -0.25) is 19.3 Å². The molecule has 2 saturated heterocycles. The van der Waals surface area contributed by atoms with Crippen LogP contribution in [0.4, 0.5) is 26.3 Å². The van der Waals surface area contributed by atoms with Gasteiger partial charge in [0.2, 0.25) is 11.8 Å². The Morgan fingerprint density at radius 1 is 0.814 bits per heavy atom. The average Bonchev–Trinajstić information content (AvgIpc) is 3.34. The lowest BCUT2D eigenvalue weighted by Crippen LogP contribution is -2.60. The summed E-state index contributed by atoms with van der Waals surface area (Å²) < 4.78 is 82.8. The molecule has 0 bridgehead atoms. The smallest absolute Gasteiger partial charge is 0.416 e. The van der Waals surface area contributed by atoms with Gasteiger partial charge in [0.15, 0.2) is 6.23 Å². The molecule has 4 rings (SSSR count). The van der Waals surface area contributed by atoms with E-state index in [0.717, 1.165) is 24.3 Å². The Morgan fingerprint density at radius 3 is 1.86 bits per heavy atom. The highest BCUT2D eigenvalue weighted by atomic mass is 35.5. The molecule has 0 aromatic heterocycles. The molecule has 2 fully saturated rings. The minimum absolute atomic E-state index is 0. The van der Waals surface area contributed by atoms with Crippen molar-refractivity contribution in [2.45, 2.75) is 57.2 Å². The molecule has 2 aromatic rings. The van der Waals surface area contributed by atoms with Crippen LogP contribution in [0.1, 0.15) is 42.0 Å². The van der Waals surface area contributed by atoms with Crippen molar-refractivity contribution in [1.29, 1.82) is 0 Å². The first kappa shape index (κ1) is 34.2. The molecule has 0 radical (unpaired) electrons. The van der Waals surface area contributed by atoms with Crippen LogP contribution in [0.3, 0.4) is 0 Å². The number of rotatable bonds is 7. The van der Waals surface area contributed by atoms with Crippen LogP contribution in [0.25, 0.3) is 0 Å². The van der Waals surface area contributed by atoms with Crippen LogP contribution in [-0.4, -0.2) is 77.5 Å². The van der Waals surface area contributed by atoms with E-state index in [0.29, 0.717) is 43.6 Å². The number of piperazine rings is 1. The Labute approximate surface area is 251 Å². The van der Waals surface area contributed by atoms with Crippen LogP contribution in [0.2, 0.25) is 0 Å². The summed E-state index contributed by atoms with van der Waals surface area (Å²) in [4.78, 5) is 43.2. The van der Waals surface area contributed by atoms with Gasteiger partial charge in [0.1, 0.15) is 0 Å². The monoisotopic (exact) mass is 635 g/mol. The molecule has 7 nitrogen and oxygen atoms in total. The van der Waals surface area contributed by atoms with E-state index < -0.39 is 41.7 Å². The van der Waals surface area contributed by atoms with E-state index in [1.54, 1.807) is 9.80 Å². The van der Waals surface area contributed by atoms with Gasteiger partial charge in [0, 0.05) is 39.6 Å². The summed E-state index contributed by atoms with van der Waals surface area (Å²) in [6.07, 6.45) is -8.64. The van der Waals surface area contributed by atoms with E-state index in [-0.39, 0.29) is 50.2 Å². The molecule has 2 atom stereocenters. The van der Waals surface area contributed by atoms with Crippen LogP contribution in [-0.2, 0) is 44.3 Å². The highest BCUT2D eigenvalue weighted by Crippen LogP contribution is 2.30. The number of ether oxygens (including phenoxy) is 1. The second-order valence-corrected chi connectivity index (χ2v) is 10.5. The number of hydrogen-bond donors (Lipinski definition) is 0. The summed E-state index contributed by atoms with van der Waals surface area (Å²) in [6, 6.07) is 8.24. The van der Waals surface area contributed by atoms with Crippen LogP contribution >= 0.6 is 12.4 Å². The summed E-state index contributed by atoms with van der Waals surface area (Å²) in [7, 11) is 0. The van der Waals surface area contributed by atoms with Gasteiger partial charge >= 0.3 is 18.3 Å². The van der Waals surface area contributed by atoms with E-state index in [1.165, 1.54) is 31.2 Å². The minimum atomic E-state index is -4.48. The molecule has 2 unspecified atom stereocenters. The van der Waals surface area contributed by atoms with E-state index in [4.69, 9.17) is 4.74 Å². The quantitative estimate of drug-likeness (QED) is 0.318. The van der Waals surface area contributed by atoms with Crippen molar-refractivity contribution in [2.24, 2.45) is 0 Å². The molecule has 14 heteroatoms. The molecule has 2 amide bonds. The van der Waals surface area contributed by atoms with E-state index >= 15 is 0 Å². The summed E-state index contributed by atoms with van der Waals surface area (Å²) in [5.74, 6) is -1.05. The van der Waals surface area contributed by atoms with Crippen LogP contribution in [0.15, 0.2) is 48.5 Å². The number of alkyl halides is 6. The second-order valence-electron chi connectivity index (χ2n) is 10.5. The number of amides is 2. The lowest BCUT2D eigenvalue weighted by atomic mass is 10.1. The van der Waals surface area contributed by atoms with Crippen molar-refractivity contribution < 1.29 is 45.5 Å². The van der Waals surface area contributed by atoms with E-state index in [1.807, 2.05) is 4.90 Å². The molecule has 0 aliphatic carbocycles. The van der Waals surface area contributed by atoms with Gasteiger partial charge in [-0.2, -0.15) is 26.3 Å². The number of likely N-dealkylation sites (tertiary alicyclic amines) is 1. The first-order valence-corrected chi connectivity index (χ1v) is 13.5. The Hall–Kier alpha value is -3.32. The number of halogens is 7. The van der Waals surface area contributed by atoms with Gasteiger partial charge in [0.05, 0.1) is 30.0 Å². The number of carbonyl (C=O) groups excluding carboxylic acids is 3. The molecular formula is C29H32ClF6N3O4.